The molecule has 4 nitrogen and oxygen atoms in total. The van der Waals surface area contributed by atoms with Gasteiger partial charge in [0.05, 0.1) is 17.6 Å². The van der Waals surface area contributed by atoms with Gasteiger partial charge in [-0.05, 0) is 75.5 Å². The first kappa shape index (κ1) is 16.9. The molecule has 4 bridgehead atoms. The third-order valence-electron chi connectivity index (χ3n) is 6.10. The van der Waals surface area contributed by atoms with Crippen LogP contribution in [-0.4, -0.2) is 23.4 Å². The first-order chi connectivity index (χ1) is 11.9. The second kappa shape index (κ2) is 6.01. The maximum atomic E-state index is 13.1. The number of carbonyl (C=O) groups is 2. The van der Waals surface area contributed by atoms with Crippen molar-refractivity contribution < 1.29 is 14.3 Å². The van der Waals surface area contributed by atoms with Crippen LogP contribution in [-0.2, 0) is 9.53 Å². The highest BCUT2D eigenvalue weighted by Crippen LogP contribution is 2.64. The van der Waals surface area contributed by atoms with Crippen molar-refractivity contribution in [3.05, 3.63) is 29.8 Å². The SMILES string of the molecule is CCOC(=O)c1cccc(NC(=O)C23C[C@@H]4C[C@@H](CC(Cl)(C4)C2)C3)c1. The highest BCUT2D eigenvalue weighted by Gasteiger charge is 2.60. The molecule has 1 aromatic carbocycles. The van der Waals surface area contributed by atoms with Gasteiger partial charge in [-0.2, -0.15) is 0 Å². The van der Waals surface area contributed by atoms with Crippen molar-refractivity contribution in [2.75, 3.05) is 11.9 Å². The predicted octanol–water partition coefficient (Wildman–Crippen LogP) is 4.38. The Morgan fingerprint density at radius 2 is 1.96 bits per heavy atom. The molecule has 0 radical (unpaired) electrons. The molecule has 4 atom stereocenters. The zero-order valence-corrected chi connectivity index (χ0v) is 15.3. The molecule has 2 unspecified atom stereocenters. The fourth-order valence-corrected chi connectivity index (χ4v) is 6.31. The van der Waals surface area contributed by atoms with E-state index in [1.54, 1.807) is 25.1 Å². The minimum atomic E-state index is -0.367. The highest BCUT2D eigenvalue weighted by atomic mass is 35.5. The van der Waals surface area contributed by atoms with Crippen molar-refractivity contribution in [2.45, 2.75) is 50.3 Å². The summed E-state index contributed by atoms with van der Waals surface area (Å²) in [6, 6.07) is 6.97. The summed E-state index contributed by atoms with van der Waals surface area (Å²) in [5, 5.41) is 3.05. The summed E-state index contributed by atoms with van der Waals surface area (Å²) in [5.41, 5.74) is 0.764. The number of nitrogens with one attached hydrogen (secondary N) is 1. The number of carbonyl (C=O) groups excluding carboxylic acids is 2. The molecule has 0 aromatic heterocycles. The van der Waals surface area contributed by atoms with Crippen LogP contribution in [0.3, 0.4) is 0 Å². The van der Waals surface area contributed by atoms with Crippen LogP contribution in [0.5, 0.6) is 0 Å². The molecule has 25 heavy (non-hydrogen) atoms. The standard InChI is InChI=1S/C20H24ClNO3/c1-2-25-17(23)15-4-3-5-16(7-15)22-18(24)19-8-13-6-14(9-19)11-20(21,10-13)12-19/h3-5,7,13-14H,2,6,8-12H2,1H3,(H,22,24)/t13-,14+,19?,20?. The van der Waals surface area contributed by atoms with E-state index >= 15 is 0 Å². The number of halogens is 1. The molecule has 1 aromatic rings. The van der Waals surface area contributed by atoms with Crippen LogP contribution >= 0.6 is 11.6 Å². The Kier molecular flexibility index (Phi) is 4.06. The van der Waals surface area contributed by atoms with Gasteiger partial charge in [-0.1, -0.05) is 6.07 Å². The molecular formula is C20H24ClNO3. The molecule has 1 N–H and O–H groups in total. The van der Waals surface area contributed by atoms with Crippen LogP contribution < -0.4 is 5.32 Å². The van der Waals surface area contributed by atoms with Gasteiger partial charge in [-0.3, -0.25) is 4.79 Å². The third kappa shape index (κ3) is 3.05. The molecule has 5 heteroatoms. The van der Waals surface area contributed by atoms with Gasteiger partial charge >= 0.3 is 5.97 Å². The van der Waals surface area contributed by atoms with Crippen LogP contribution in [0.1, 0.15) is 55.8 Å². The zero-order chi connectivity index (χ0) is 17.7. The number of hydrogen-bond donors (Lipinski definition) is 1. The lowest BCUT2D eigenvalue weighted by Gasteiger charge is -2.59. The van der Waals surface area contributed by atoms with Crippen LogP contribution in [0.15, 0.2) is 24.3 Å². The molecule has 134 valence electrons. The number of esters is 1. The molecule has 0 spiro atoms. The number of rotatable bonds is 4. The smallest absolute Gasteiger partial charge is 0.338 e. The van der Waals surface area contributed by atoms with Gasteiger partial charge in [-0.25, -0.2) is 4.79 Å². The van der Waals surface area contributed by atoms with Crippen LogP contribution in [0.2, 0.25) is 0 Å². The Morgan fingerprint density at radius 3 is 2.60 bits per heavy atom. The van der Waals surface area contributed by atoms with Crippen molar-refractivity contribution in [1.29, 1.82) is 0 Å². The van der Waals surface area contributed by atoms with Gasteiger partial charge in [-0.15, -0.1) is 11.6 Å². The Labute approximate surface area is 153 Å². The van der Waals surface area contributed by atoms with Crippen molar-refractivity contribution >= 4 is 29.2 Å². The number of benzene rings is 1. The summed E-state index contributed by atoms with van der Waals surface area (Å²) in [7, 11) is 0. The monoisotopic (exact) mass is 361 g/mol. The molecule has 4 saturated carbocycles. The minimum absolute atomic E-state index is 0.0626. The quantitative estimate of drug-likeness (QED) is 0.639. The van der Waals surface area contributed by atoms with Gasteiger partial charge in [0.25, 0.3) is 0 Å². The number of anilines is 1. The number of alkyl halides is 1. The molecule has 0 aliphatic heterocycles. The second-order valence-electron chi connectivity index (χ2n) is 8.15. The predicted molar refractivity (Wildman–Crippen MR) is 96.7 cm³/mol. The summed E-state index contributed by atoms with van der Waals surface area (Å²) in [6.45, 7) is 2.11. The summed E-state index contributed by atoms with van der Waals surface area (Å²) in [5.74, 6) is 0.853. The van der Waals surface area contributed by atoms with Crippen molar-refractivity contribution in [1.82, 2.24) is 0 Å². The normalized spacial score (nSPS) is 35.4. The average molecular weight is 362 g/mol. The van der Waals surface area contributed by atoms with E-state index in [2.05, 4.69) is 5.32 Å². The topological polar surface area (TPSA) is 55.4 Å². The summed E-state index contributed by atoms with van der Waals surface area (Å²) in [6.07, 6.45) is 6.00. The van der Waals surface area contributed by atoms with E-state index in [0.29, 0.717) is 29.7 Å². The Bertz CT molecular complexity index is 703. The van der Waals surface area contributed by atoms with E-state index in [9.17, 15) is 9.59 Å². The fourth-order valence-electron chi connectivity index (χ4n) is 5.62. The van der Waals surface area contributed by atoms with Crippen molar-refractivity contribution in [2.24, 2.45) is 17.3 Å². The van der Waals surface area contributed by atoms with E-state index in [4.69, 9.17) is 16.3 Å². The lowest BCUT2D eigenvalue weighted by molar-refractivity contribution is -0.138. The largest absolute Gasteiger partial charge is 0.462 e. The molecule has 5 rings (SSSR count). The van der Waals surface area contributed by atoms with Crippen LogP contribution in [0.4, 0.5) is 5.69 Å². The number of ether oxygens (including phenoxy) is 1. The van der Waals surface area contributed by atoms with Crippen molar-refractivity contribution in [3.63, 3.8) is 0 Å². The minimum Gasteiger partial charge on any atom is -0.462 e. The van der Waals surface area contributed by atoms with Crippen molar-refractivity contribution in [3.8, 4) is 0 Å². The van der Waals surface area contributed by atoms with E-state index in [1.165, 1.54) is 6.42 Å². The van der Waals surface area contributed by atoms with E-state index in [1.807, 2.05) is 6.07 Å². The Balaban J connectivity index is 1.53. The maximum absolute atomic E-state index is 13.1. The van der Waals surface area contributed by atoms with Gasteiger partial charge < -0.3 is 10.1 Å². The molecule has 4 fully saturated rings. The number of amides is 1. The molecule has 1 amide bonds. The first-order valence-corrected chi connectivity index (χ1v) is 9.57. The number of hydrogen-bond acceptors (Lipinski definition) is 3. The van der Waals surface area contributed by atoms with Crippen LogP contribution in [0.25, 0.3) is 0 Å². The van der Waals surface area contributed by atoms with Crippen LogP contribution in [0, 0.1) is 17.3 Å². The van der Waals surface area contributed by atoms with Gasteiger partial charge in [0.1, 0.15) is 0 Å². The lowest BCUT2D eigenvalue weighted by atomic mass is 9.49. The summed E-state index contributed by atoms with van der Waals surface area (Å²) in [4.78, 5) is 24.8. The maximum Gasteiger partial charge on any atom is 0.338 e. The van der Waals surface area contributed by atoms with E-state index in [-0.39, 0.29) is 22.2 Å². The fraction of sp³-hybridized carbons (Fsp3) is 0.600. The highest BCUT2D eigenvalue weighted by molar-refractivity contribution is 6.24. The molecular weight excluding hydrogens is 338 g/mol. The summed E-state index contributed by atoms with van der Waals surface area (Å²) >= 11 is 6.83. The molecule has 0 heterocycles. The lowest BCUT2D eigenvalue weighted by Crippen LogP contribution is -2.57. The van der Waals surface area contributed by atoms with Gasteiger partial charge in [0.2, 0.25) is 5.91 Å². The van der Waals surface area contributed by atoms with Gasteiger partial charge in [0, 0.05) is 10.6 Å². The Hall–Kier alpha value is -1.55. The van der Waals surface area contributed by atoms with E-state index in [0.717, 1.165) is 32.1 Å². The average Bonchev–Trinajstić information content (AvgIpc) is 2.53. The first-order valence-electron chi connectivity index (χ1n) is 9.19. The second-order valence-corrected chi connectivity index (χ2v) is 8.95. The molecule has 0 saturated heterocycles. The summed E-state index contributed by atoms with van der Waals surface area (Å²) < 4.78 is 5.03. The molecule has 4 aliphatic rings. The third-order valence-corrected chi connectivity index (χ3v) is 6.55. The zero-order valence-electron chi connectivity index (χ0n) is 14.5. The molecule has 4 aliphatic carbocycles. The van der Waals surface area contributed by atoms with Gasteiger partial charge in [0.15, 0.2) is 0 Å². The van der Waals surface area contributed by atoms with E-state index < -0.39 is 0 Å². The Morgan fingerprint density at radius 1 is 1.24 bits per heavy atom.